The zero-order valence-electron chi connectivity index (χ0n) is 14.4. The summed E-state index contributed by atoms with van der Waals surface area (Å²) in [6.45, 7) is 1.73. The Morgan fingerprint density at radius 3 is 2.46 bits per heavy atom. The van der Waals surface area contributed by atoms with E-state index >= 15 is 0 Å². The summed E-state index contributed by atoms with van der Waals surface area (Å²) in [6.07, 6.45) is -4.26. The van der Waals surface area contributed by atoms with Gasteiger partial charge in [-0.05, 0) is 55.0 Å². The molecule has 1 aromatic heterocycles. The molecule has 2 aromatic carbocycles. The molecule has 0 fully saturated rings. The second-order valence-electron chi connectivity index (χ2n) is 5.97. The van der Waals surface area contributed by atoms with E-state index < -0.39 is 11.7 Å². The molecule has 0 saturated carbocycles. The fourth-order valence-corrected chi connectivity index (χ4v) is 3.77. The minimum absolute atomic E-state index is 0.184. The number of benzene rings is 2. The van der Waals surface area contributed by atoms with Crippen molar-refractivity contribution in [2.24, 2.45) is 0 Å². The standard InChI is InChI=1S/C19H13Cl2F3N2OS/c1-10-16(9-12-8-13(19(22,23)24)4-7-15(12)21)28-18(25-10)26-17(27)11-2-5-14(20)6-3-11/h2-8H,9H2,1H3,(H,25,26,27). The highest BCUT2D eigenvalue weighted by molar-refractivity contribution is 7.15. The monoisotopic (exact) mass is 444 g/mol. The summed E-state index contributed by atoms with van der Waals surface area (Å²) in [4.78, 5) is 17.3. The Labute approximate surface area is 173 Å². The Morgan fingerprint density at radius 2 is 1.82 bits per heavy atom. The molecule has 0 aliphatic heterocycles. The molecule has 0 spiro atoms. The zero-order valence-corrected chi connectivity index (χ0v) is 16.7. The normalized spacial score (nSPS) is 11.5. The number of alkyl halides is 3. The molecule has 3 aromatic rings. The van der Waals surface area contributed by atoms with Crippen LogP contribution in [0, 0.1) is 6.92 Å². The lowest BCUT2D eigenvalue weighted by Gasteiger charge is -2.10. The SMILES string of the molecule is Cc1nc(NC(=O)c2ccc(Cl)cc2)sc1Cc1cc(C(F)(F)F)ccc1Cl. The molecule has 0 aliphatic carbocycles. The maximum absolute atomic E-state index is 12.9. The van der Waals surface area contributed by atoms with Crippen LogP contribution in [0.4, 0.5) is 18.3 Å². The van der Waals surface area contributed by atoms with Crippen molar-refractivity contribution >= 4 is 45.6 Å². The van der Waals surface area contributed by atoms with E-state index in [1.165, 1.54) is 17.4 Å². The van der Waals surface area contributed by atoms with E-state index in [4.69, 9.17) is 23.2 Å². The first-order chi connectivity index (χ1) is 13.1. The maximum Gasteiger partial charge on any atom is 0.416 e. The molecule has 0 bridgehead atoms. The molecule has 28 heavy (non-hydrogen) atoms. The summed E-state index contributed by atoms with van der Waals surface area (Å²) in [7, 11) is 0. The maximum atomic E-state index is 12.9. The summed E-state index contributed by atoms with van der Waals surface area (Å²) < 4.78 is 38.8. The highest BCUT2D eigenvalue weighted by Crippen LogP contribution is 2.34. The zero-order chi connectivity index (χ0) is 20.5. The number of carbonyl (C=O) groups is 1. The topological polar surface area (TPSA) is 42.0 Å². The number of halogens is 5. The van der Waals surface area contributed by atoms with Gasteiger partial charge in [-0.25, -0.2) is 4.98 Å². The van der Waals surface area contributed by atoms with Gasteiger partial charge in [0, 0.05) is 26.9 Å². The number of hydrogen-bond donors (Lipinski definition) is 1. The lowest BCUT2D eigenvalue weighted by atomic mass is 10.1. The van der Waals surface area contributed by atoms with Gasteiger partial charge in [0.2, 0.25) is 0 Å². The summed E-state index contributed by atoms with van der Waals surface area (Å²) in [5.41, 5.74) is 0.619. The van der Waals surface area contributed by atoms with E-state index in [2.05, 4.69) is 10.3 Å². The predicted molar refractivity (Wildman–Crippen MR) is 106 cm³/mol. The van der Waals surface area contributed by atoms with Gasteiger partial charge in [-0.2, -0.15) is 13.2 Å². The molecule has 1 amide bonds. The molecule has 3 nitrogen and oxygen atoms in total. The first-order valence-electron chi connectivity index (χ1n) is 8.02. The molecular formula is C19H13Cl2F3N2OS. The van der Waals surface area contributed by atoms with Gasteiger partial charge in [-0.3, -0.25) is 10.1 Å². The average molecular weight is 445 g/mol. The molecule has 0 unspecified atom stereocenters. The van der Waals surface area contributed by atoms with Crippen LogP contribution in [0.1, 0.15) is 32.1 Å². The van der Waals surface area contributed by atoms with E-state index in [1.54, 1.807) is 31.2 Å². The summed E-state index contributed by atoms with van der Waals surface area (Å²) in [6, 6.07) is 9.59. The van der Waals surface area contributed by atoms with Crippen molar-refractivity contribution in [3.8, 4) is 0 Å². The third-order valence-electron chi connectivity index (χ3n) is 3.94. The fraction of sp³-hybridized carbons (Fsp3) is 0.158. The van der Waals surface area contributed by atoms with Crippen LogP contribution in [0.25, 0.3) is 0 Å². The molecule has 146 valence electrons. The van der Waals surface area contributed by atoms with Crippen molar-refractivity contribution in [2.45, 2.75) is 19.5 Å². The van der Waals surface area contributed by atoms with Crippen LogP contribution in [0.15, 0.2) is 42.5 Å². The van der Waals surface area contributed by atoms with E-state index in [-0.39, 0.29) is 17.4 Å². The Bertz CT molecular complexity index is 1020. The third-order valence-corrected chi connectivity index (χ3v) is 5.64. The van der Waals surface area contributed by atoms with E-state index in [1.807, 2.05) is 0 Å². The Balaban J connectivity index is 1.79. The first kappa shape index (κ1) is 20.6. The number of anilines is 1. The van der Waals surface area contributed by atoms with E-state index in [0.29, 0.717) is 31.9 Å². The first-order valence-corrected chi connectivity index (χ1v) is 9.59. The lowest BCUT2D eigenvalue weighted by Crippen LogP contribution is -2.11. The smallest absolute Gasteiger partial charge is 0.298 e. The number of nitrogens with one attached hydrogen (secondary N) is 1. The van der Waals surface area contributed by atoms with Crippen LogP contribution in [0.3, 0.4) is 0 Å². The highest BCUT2D eigenvalue weighted by Gasteiger charge is 2.31. The lowest BCUT2D eigenvalue weighted by molar-refractivity contribution is -0.137. The molecular weight excluding hydrogens is 432 g/mol. The van der Waals surface area contributed by atoms with E-state index in [9.17, 15) is 18.0 Å². The minimum atomic E-state index is -4.44. The van der Waals surface area contributed by atoms with Gasteiger partial charge in [-0.15, -0.1) is 11.3 Å². The molecule has 1 heterocycles. The van der Waals surface area contributed by atoms with Crippen molar-refractivity contribution < 1.29 is 18.0 Å². The molecule has 0 atom stereocenters. The number of carbonyl (C=O) groups excluding carboxylic acids is 1. The van der Waals surface area contributed by atoms with Crippen LogP contribution in [-0.4, -0.2) is 10.9 Å². The van der Waals surface area contributed by atoms with Crippen LogP contribution in [-0.2, 0) is 12.6 Å². The number of aromatic nitrogens is 1. The van der Waals surface area contributed by atoms with Gasteiger partial charge in [0.25, 0.3) is 5.91 Å². The van der Waals surface area contributed by atoms with Gasteiger partial charge in [-0.1, -0.05) is 23.2 Å². The molecule has 0 radical (unpaired) electrons. The van der Waals surface area contributed by atoms with Crippen molar-refractivity contribution in [3.05, 3.63) is 79.8 Å². The van der Waals surface area contributed by atoms with E-state index in [0.717, 1.165) is 12.1 Å². The number of aryl methyl sites for hydroxylation is 1. The van der Waals surface area contributed by atoms with Gasteiger partial charge in [0.15, 0.2) is 5.13 Å². The van der Waals surface area contributed by atoms with Crippen molar-refractivity contribution in [3.63, 3.8) is 0 Å². The average Bonchev–Trinajstić information content (AvgIpc) is 2.95. The second kappa shape index (κ2) is 8.11. The quantitative estimate of drug-likeness (QED) is 0.491. The number of rotatable bonds is 4. The van der Waals surface area contributed by atoms with Gasteiger partial charge < -0.3 is 0 Å². The highest BCUT2D eigenvalue weighted by atomic mass is 35.5. The Kier molecular flexibility index (Phi) is 5.98. The van der Waals surface area contributed by atoms with Crippen molar-refractivity contribution in [1.29, 1.82) is 0 Å². The minimum Gasteiger partial charge on any atom is -0.298 e. The van der Waals surface area contributed by atoms with Crippen LogP contribution < -0.4 is 5.32 Å². The van der Waals surface area contributed by atoms with Crippen LogP contribution >= 0.6 is 34.5 Å². The summed E-state index contributed by atoms with van der Waals surface area (Å²) in [5, 5.41) is 3.80. The molecule has 3 rings (SSSR count). The summed E-state index contributed by atoms with van der Waals surface area (Å²) >= 11 is 13.1. The second-order valence-corrected chi connectivity index (χ2v) is 7.90. The molecule has 0 aliphatic rings. The number of amides is 1. The largest absolute Gasteiger partial charge is 0.416 e. The van der Waals surface area contributed by atoms with Crippen LogP contribution in [0.5, 0.6) is 0 Å². The van der Waals surface area contributed by atoms with Gasteiger partial charge in [0.1, 0.15) is 0 Å². The number of hydrogen-bond acceptors (Lipinski definition) is 3. The fourth-order valence-electron chi connectivity index (χ4n) is 2.48. The molecule has 9 heteroatoms. The third kappa shape index (κ3) is 4.84. The number of nitrogens with zero attached hydrogens (tertiary/aromatic N) is 1. The van der Waals surface area contributed by atoms with Gasteiger partial charge in [0.05, 0.1) is 11.3 Å². The molecule has 0 saturated heterocycles. The van der Waals surface area contributed by atoms with Gasteiger partial charge >= 0.3 is 6.18 Å². The number of thiazole rings is 1. The van der Waals surface area contributed by atoms with Crippen LogP contribution in [0.2, 0.25) is 10.0 Å². The Hall–Kier alpha value is -2.09. The summed E-state index contributed by atoms with van der Waals surface area (Å²) in [5.74, 6) is -0.353. The predicted octanol–water partition coefficient (Wildman–Crippen LogP) is 6.62. The molecule has 1 N–H and O–H groups in total. The Morgan fingerprint density at radius 1 is 1.14 bits per heavy atom. The van der Waals surface area contributed by atoms with Crippen molar-refractivity contribution in [1.82, 2.24) is 4.98 Å². The van der Waals surface area contributed by atoms with Crippen molar-refractivity contribution in [2.75, 3.05) is 5.32 Å².